The van der Waals surface area contributed by atoms with Crippen molar-refractivity contribution in [3.8, 4) is 0 Å². The van der Waals surface area contributed by atoms with Crippen LogP contribution < -0.4 is 11.1 Å². The summed E-state index contributed by atoms with van der Waals surface area (Å²) in [4.78, 5) is 13.8. The molecule has 2 fully saturated rings. The second-order valence-corrected chi connectivity index (χ2v) is 5.72. The third-order valence-electron chi connectivity index (χ3n) is 4.00. The van der Waals surface area contributed by atoms with Crippen molar-refractivity contribution in [3.63, 3.8) is 0 Å². The Balaban J connectivity index is 1.61. The molecular formula is C14H27N3O2. The molecule has 19 heavy (non-hydrogen) atoms. The molecule has 0 radical (unpaired) electrons. The zero-order valence-electron chi connectivity index (χ0n) is 11.8. The highest BCUT2D eigenvalue weighted by atomic mass is 16.5. The molecule has 2 rings (SSSR count). The quantitative estimate of drug-likeness (QED) is 0.812. The summed E-state index contributed by atoms with van der Waals surface area (Å²) in [6, 6.07) is 0.0385. The van der Waals surface area contributed by atoms with Gasteiger partial charge in [-0.2, -0.15) is 0 Å². The molecule has 2 aliphatic heterocycles. The molecule has 0 aliphatic carbocycles. The van der Waals surface area contributed by atoms with Gasteiger partial charge in [0.05, 0.1) is 6.10 Å². The molecule has 0 bridgehead atoms. The predicted octanol–water partition coefficient (Wildman–Crippen LogP) is 1.47. The Hall–Kier alpha value is -0.810. The number of nitrogens with zero attached hydrogens (tertiary/aromatic N) is 1. The van der Waals surface area contributed by atoms with Crippen LogP contribution in [0.1, 0.15) is 44.9 Å². The maximum atomic E-state index is 11.9. The van der Waals surface area contributed by atoms with Crippen LogP contribution in [0.3, 0.4) is 0 Å². The first-order valence-electron chi connectivity index (χ1n) is 7.65. The van der Waals surface area contributed by atoms with E-state index in [1.54, 1.807) is 0 Å². The summed E-state index contributed by atoms with van der Waals surface area (Å²) in [5, 5.41) is 2.95. The van der Waals surface area contributed by atoms with Crippen LogP contribution in [-0.4, -0.2) is 49.3 Å². The van der Waals surface area contributed by atoms with Crippen molar-refractivity contribution in [1.82, 2.24) is 10.2 Å². The van der Waals surface area contributed by atoms with Crippen molar-refractivity contribution >= 4 is 6.03 Å². The minimum Gasteiger partial charge on any atom is -0.378 e. The lowest BCUT2D eigenvalue weighted by Crippen LogP contribution is -2.47. The van der Waals surface area contributed by atoms with Gasteiger partial charge in [-0.1, -0.05) is 0 Å². The van der Waals surface area contributed by atoms with Crippen molar-refractivity contribution < 1.29 is 9.53 Å². The van der Waals surface area contributed by atoms with Crippen molar-refractivity contribution in [2.24, 2.45) is 5.73 Å². The van der Waals surface area contributed by atoms with Crippen LogP contribution in [0, 0.1) is 0 Å². The van der Waals surface area contributed by atoms with Crippen LogP contribution in [0.4, 0.5) is 4.79 Å². The van der Waals surface area contributed by atoms with Crippen LogP contribution in [0.15, 0.2) is 0 Å². The van der Waals surface area contributed by atoms with Crippen LogP contribution in [-0.2, 0) is 4.74 Å². The number of nitrogens with two attached hydrogens (primary N) is 1. The molecule has 0 aromatic carbocycles. The summed E-state index contributed by atoms with van der Waals surface area (Å²) in [7, 11) is 0. The van der Waals surface area contributed by atoms with Gasteiger partial charge in [0.1, 0.15) is 0 Å². The zero-order valence-corrected chi connectivity index (χ0v) is 11.8. The van der Waals surface area contributed by atoms with E-state index in [2.05, 4.69) is 5.32 Å². The fourth-order valence-electron chi connectivity index (χ4n) is 2.84. The van der Waals surface area contributed by atoms with Gasteiger partial charge in [-0.25, -0.2) is 4.79 Å². The lowest BCUT2D eigenvalue weighted by molar-refractivity contribution is 0.00753. The van der Waals surface area contributed by atoms with Crippen molar-refractivity contribution in [3.05, 3.63) is 0 Å². The zero-order chi connectivity index (χ0) is 13.5. The highest BCUT2D eigenvalue weighted by Gasteiger charge is 2.19. The van der Waals surface area contributed by atoms with E-state index in [1.807, 2.05) is 4.90 Å². The molecule has 0 saturated carbocycles. The third-order valence-corrected chi connectivity index (χ3v) is 4.00. The summed E-state index contributed by atoms with van der Waals surface area (Å²) >= 11 is 0. The van der Waals surface area contributed by atoms with Gasteiger partial charge in [0.15, 0.2) is 0 Å². The summed E-state index contributed by atoms with van der Waals surface area (Å²) in [6.07, 6.45) is 8.12. The van der Waals surface area contributed by atoms with Crippen molar-refractivity contribution in [2.45, 2.75) is 57.1 Å². The van der Waals surface area contributed by atoms with E-state index in [4.69, 9.17) is 10.5 Å². The van der Waals surface area contributed by atoms with Gasteiger partial charge < -0.3 is 20.7 Å². The highest BCUT2D eigenvalue weighted by Crippen LogP contribution is 2.16. The maximum Gasteiger partial charge on any atom is 0.317 e. The first kappa shape index (κ1) is 14.6. The number of amides is 2. The number of carbonyl (C=O) groups excluding carboxylic acids is 1. The fourth-order valence-corrected chi connectivity index (χ4v) is 2.84. The standard InChI is InChI=1S/C14H27N3O2/c15-12(10-13-6-2-5-9-19-13)11-16-14(18)17-7-3-1-4-8-17/h12-13H,1-11,15H2,(H,16,18). The monoisotopic (exact) mass is 269 g/mol. The molecule has 5 heteroatoms. The predicted molar refractivity (Wildman–Crippen MR) is 75.0 cm³/mol. The minimum atomic E-state index is -0.00293. The Bertz CT molecular complexity index is 274. The van der Waals surface area contributed by atoms with Crippen LogP contribution in [0.2, 0.25) is 0 Å². The average Bonchev–Trinajstić information content (AvgIpc) is 2.47. The molecule has 2 amide bonds. The molecule has 5 nitrogen and oxygen atoms in total. The highest BCUT2D eigenvalue weighted by molar-refractivity contribution is 5.74. The average molecular weight is 269 g/mol. The number of piperidine rings is 1. The Morgan fingerprint density at radius 1 is 1.26 bits per heavy atom. The van der Waals surface area contributed by atoms with Gasteiger partial charge in [-0.3, -0.25) is 0 Å². The Morgan fingerprint density at radius 3 is 2.74 bits per heavy atom. The first-order valence-corrected chi connectivity index (χ1v) is 7.65. The molecule has 2 saturated heterocycles. The van der Waals surface area contributed by atoms with Gasteiger partial charge >= 0.3 is 6.03 Å². The summed E-state index contributed by atoms with van der Waals surface area (Å²) in [5.74, 6) is 0. The Kier molecular flexibility index (Phi) is 5.92. The SMILES string of the molecule is NC(CNC(=O)N1CCCCC1)CC1CCCCO1. The number of rotatable bonds is 4. The molecule has 2 aliphatic rings. The van der Waals surface area contributed by atoms with Gasteiger partial charge in [0.25, 0.3) is 0 Å². The number of urea groups is 1. The van der Waals surface area contributed by atoms with E-state index in [-0.39, 0.29) is 18.2 Å². The van der Waals surface area contributed by atoms with Crippen molar-refractivity contribution in [2.75, 3.05) is 26.2 Å². The lowest BCUT2D eigenvalue weighted by Gasteiger charge is -2.28. The number of carbonyl (C=O) groups is 1. The van der Waals surface area contributed by atoms with Gasteiger partial charge in [-0.05, 0) is 44.9 Å². The van der Waals surface area contributed by atoms with Crippen LogP contribution in [0.5, 0.6) is 0 Å². The number of hydrogen-bond donors (Lipinski definition) is 2. The Labute approximate surface area is 115 Å². The van der Waals surface area contributed by atoms with Crippen molar-refractivity contribution in [1.29, 1.82) is 0 Å². The topological polar surface area (TPSA) is 67.6 Å². The fraction of sp³-hybridized carbons (Fsp3) is 0.929. The number of hydrogen-bond acceptors (Lipinski definition) is 3. The smallest absolute Gasteiger partial charge is 0.317 e. The number of nitrogens with one attached hydrogen (secondary N) is 1. The van der Waals surface area contributed by atoms with Gasteiger partial charge in [0.2, 0.25) is 0 Å². The molecule has 2 unspecified atom stereocenters. The summed E-state index contributed by atoms with van der Waals surface area (Å²) in [6.45, 7) is 3.17. The van der Waals surface area contributed by atoms with E-state index in [1.165, 1.54) is 12.8 Å². The number of ether oxygens (including phenoxy) is 1. The largest absolute Gasteiger partial charge is 0.378 e. The van der Waals surface area contributed by atoms with E-state index < -0.39 is 0 Å². The summed E-state index contributed by atoms with van der Waals surface area (Å²) in [5.41, 5.74) is 6.07. The second-order valence-electron chi connectivity index (χ2n) is 5.72. The van der Waals surface area contributed by atoms with E-state index in [0.717, 1.165) is 51.8 Å². The molecule has 0 aromatic rings. The van der Waals surface area contributed by atoms with Gasteiger partial charge in [-0.15, -0.1) is 0 Å². The molecule has 0 aromatic heterocycles. The maximum absolute atomic E-state index is 11.9. The second kappa shape index (κ2) is 7.70. The normalized spacial score (nSPS) is 25.9. The molecule has 110 valence electrons. The van der Waals surface area contributed by atoms with Crippen LogP contribution >= 0.6 is 0 Å². The minimum absolute atomic E-state index is 0.00293. The van der Waals surface area contributed by atoms with E-state index >= 15 is 0 Å². The molecule has 2 atom stereocenters. The van der Waals surface area contributed by atoms with Gasteiger partial charge in [0, 0.05) is 32.3 Å². The Morgan fingerprint density at radius 2 is 2.05 bits per heavy atom. The third kappa shape index (κ3) is 4.99. The molecule has 2 heterocycles. The van der Waals surface area contributed by atoms with E-state index in [9.17, 15) is 4.79 Å². The van der Waals surface area contributed by atoms with Crippen LogP contribution in [0.25, 0.3) is 0 Å². The molecule has 3 N–H and O–H groups in total. The number of likely N-dealkylation sites (tertiary alicyclic amines) is 1. The molecular weight excluding hydrogens is 242 g/mol. The first-order chi connectivity index (χ1) is 9.25. The lowest BCUT2D eigenvalue weighted by atomic mass is 10.0. The summed E-state index contributed by atoms with van der Waals surface area (Å²) < 4.78 is 5.67. The van der Waals surface area contributed by atoms with E-state index in [0.29, 0.717) is 6.54 Å². The molecule has 0 spiro atoms.